The van der Waals surface area contributed by atoms with Gasteiger partial charge in [0, 0.05) is 10.9 Å². The fourth-order valence-corrected chi connectivity index (χ4v) is 1.83. The molecule has 0 saturated carbocycles. The van der Waals surface area contributed by atoms with Crippen molar-refractivity contribution < 1.29 is 9.50 Å². The Kier molecular flexibility index (Phi) is 2.56. The van der Waals surface area contributed by atoms with Crippen LogP contribution in [0.2, 0.25) is 0 Å². The third-order valence-corrected chi connectivity index (χ3v) is 2.64. The quantitative estimate of drug-likeness (QED) is 0.824. The Morgan fingerprint density at radius 1 is 1.43 bits per heavy atom. The second-order valence-corrected chi connectivity index (χ2v) is 3.74. The van der Waals surface area contributed by atoms with Gasteiger partial charge in [0.15, 0.2) is 0 Å². The zero-order valence-corrected chi connectivity index (χ0v) is 8.09. The first-order chi connectivity index (χ1) is 6.79. The molecule has 1 aromatic carbocycles. The van der Waals surface area contributed by atoms with Gasteiger partial charge in [0.25, 0.3) is 0 Å². The summed E-state index contributed by atoms with van der Waals surface area (Å²) >= 11 is 1.37. The molecular formula is C10H8FNOS. The number of benzene rings is 1. The van der Waals surface area contributed by atoms with Gasteiger partial charge in [0.1, 0.15) is 10.8 Å². The molecule has 1 heterocycles. The first-order valence-electron chi connectivity index (χ1n) is 4.11. The van der Waals surface area contributed by atoms with Crippen LogP contribution in [-0.2, 0) is 6.61 Å². The molecule has 2 rings (SSSR count). The Morgan fingerprint density at radius 2 is 2.29 bits per heavy atom. The third-order valence-electron chi connectivity index (χ3n) is 1.81. The van der Waals surface area contributed by atoms with E-state index in [2.05, 4.69) is 4.98 Å². The summed E-state index contributed by atoms with van der Waals surface area (Å²) in [5.41, 5.74) is 1.44. The molecule has 0 saturated heterocycles. The van der Waals surface area contributed by atoms with Gasteiger partial charge in [-0.05, 0) is 12.1 Å². The number of aromatic nitrogens is 1. The number of halogens is 1. The standard InChI is InChI=1S/C10H8FNOS/c11-8-3-1-2-7(4-8)9-6-14-10(5-13)12-9/h1-4,6,13H,5H2. The Labute approximate surface area is 84.7 Å². The summed E-state index contributed by atoms with van der Waals surface area (Å²) in [7, 11) is 0. The van der Waals surface area contributed by atoms with Gasteiger partial charge in [0.05, 0.1) is 12.3 Å². The molecule has 0 atom stereocenters. The van der Waals surface area contributed by atoms with E-state index in [1.807, 2.05) is 0 Å². The van der Waals surface area contributed by atoms with Crippen molar-refractivity contribution in [3.05, 3.63) is 40.5 Å². The number of hydrogen-bond donors (Lipinski definition) is 1. The van der Waals surface area contributed by atoms with Crippen LogP contribution in [0.4, 0.5) is 4.39 Å². The van der Waals surface area contributed by atoms with Crippen molar-refractivity contribution in [3.8, 4) is 11.3 Å². The lowest BCUT2D eigenvalue weighted by atomic mass is 10.2. The molecule has 0 spiro atoms. The molecule has 0 aliphatic carbocycles. The van der Waals surface area contributed by atoms with Gasteiger partial charge in [-0.3, -0.25) is 0 Å². The fraction of sp³-hybridized carbons (Fsp3) is 0.100. The normalized spacial score (nSPS) is 10.4. The van der Waals surface area contributed by atoms with Crippen LogP contribution < -0.4 is 0 Å². The number of rotatable bonds is 2. The van der Waals surface area contributed by atoms with Crippen LogP contribution in [-0.4, -0.2) is 10.1 Å². The highest BCUT2D eigenvalue weighted by Gasteiger charge is 2.03. The average Bonchev–Trinajstić information content (AvgIpc) is 2.66. The highest BCUT2D eigenvalue weighted by molar-refractivity contribution is 7.09. The smallest absolute Gasteiger partial charge is 0.123 e. The van der Waals surface area contributed by atoms with Gasteiger partial charge >= 0.3 is 0 Å². The first-order valence-corrected chi connectivity index (χ1v) is 4.99. The van der Waals surface area contributed by atoms with E-state index in [1.165, 1.54) is 23.5 Å². The van der Waals surface area contributed by atoms with E-state index in [-0.39, 0.29) is 12.4 Å². The molecule has 0 aliphatic heterocycles. The molecule has 1 N–H and O–H groups in total. The predicted octanol–water partition coefficient (Wildman–Crippen LogP) is 2.44. The molecular weight excluding hydrogens is 201 g/mol. The second-order valence-electron chi connectivity index (χ2n) is 2.79. The van der Waals surface area contributed by atoms with E-state index >= 15 is 0 Å². The van der Waals surface area contributed by atoms with Crippen molar-refractivity contribution >= 4 is 11.3 Å². The molecule has 1 aromatic heterocycles. The van der Waals surface area contributed by atoms with Crippen molar-refractivity contribution in [1.29, 1.82) is 0 Å². The van der Waals surface area contributed by atoms with Crippen LogP contribution in [0.3, 0.4) is 0 Å². The van der Waals surface area contributed by atoms with Crippen molar-refractivity contribution in [2.45, 2.75) is 6.61 Å². The summed E-state index contributed by atoms with van der Waals surface area (Å²) in [6.45, 7) is -0.0695. The molecule has 4 heteroatoms. The molecule has 2 nitrogen and oxygen atoms in total. The van der Waals surface area contributed by atoms with Gasteiger partial charge in [-0.1, -0.05) is 12.1 Å². The summed E-state index contributed by atoms with van der Waals surface area (Å²) in [5.74, 6) is -0.277. The van der Waals surface area contributed by atoms with Crippen molar-refractivity contribution in [3.63, 3.8) is 0 Å². The molecule has 0 bridgehead atoms. The van der Waals surface area contributed by atoms with E-state index in [1.54, 1.807) is 17.5 Å². The summed E-state index contributed by atoms with van der Waals surface area (Å²) in [6, 6.07) is 6.25. The van der Waals surface area contributed by atoms with Crippen LogP contribution in [0.5, 0.6) is 0 Å². The monoisotopic (exact) mass is 209 g/mol. The number of aliphatic hydroxyl groups is 1. The fourth-order valence-electron chi connectivity index (χ4n) is 1.16. The highest BCUT2D eigenvalue weighted by Crippen LogP contribution is 2.22. The minimum Gasteiger partial charge on any atom is -0.389 e. The van der Waals surface area contributed by atoms with Crippen LogP contribution in [0.25, 0.3) is 11.3 Å². The maximum Gasteiger partial charge on any atom is 0.123 e. The second kappa shape index (κ2) is 3.86. The molecule has 0 fully saturated rings. The van der Waals surface area contributed by atoms with E-state index < -0.39 is 0 Å². The maximum atomic E-state index is 12.9. The minimum atomic E-state index is -0.277. The molecule has 0 unspecified atom stereocenters. The van der Waals surface area contributed by atoms with E-state index in [4.69, 9.17) is 5.11 Å². The Hall–Kier alpha value is -1.26. The summed E-state index contributed by atoms with van der Waals surface area (Å²) in [4.78, 5) is 4.14. The van der Waals surface area contributed by atoms with E-state index in [0.717, 1.165) is 5.56 Å². The Balaban J connectivity index is 2.39. The van der Waals surface area contributed by atoms with Crippen LogP contribution >= 0.6 is 11.3 Å². The zero-order valence-electron chi connectivity index (χ0n) is 7.27. The van der Waals surface area contributed by atoms with Gasteiger partial charge in [0.2, 0.25) is 0 Å². The van der Waals surface area contributed by atoms with Gasteiger partial charge in [-0.25, -0.2) is 9.37 Å². The van der Waals surface area contributed by atoms with Gasteiger partial charge in [-0.15, -0.1) is 11.3 Å². The molecule has 0 aliphatic rings. The Morgan fingerprint density at radius 3 is 2.93 bits per heavy atom. The number of thiazole rings is 1. The molecule has 0 amide bonds. The first kappa shape index (κ1) is 9.30. The van der Waals surface area contributed by atoms with Crippen molar-refractivity contribution in [2.75, 3.05) is 0 Å². The third kappa shape index (κ3) is 1.81. The van der Waals surface area contributed by atoms with Crippen LogP contribution in [0, 0.1) is 5.82 Å². The largest absolute Gasteiger partial charge is 0.389 e. The predicted molar refractivity (Wildman–Crippen MR) is 53.4 cm³/mol. The maximum absolute atomic E-state index is 12.9. The zero-order chi connectivity index (χ0) is 9.97. The topological polar surface area (TPSA) is 33.1 Å². The molecule has 0 radical (unpaired) electrons. The van der Waals surface area contributed by atoms with Crippen molar-refractivity contribution in [2.24, 2.45) is 0 Å². The van der Waals surface area contributed by atoms with Gasteiger partial charge in [-0.2, -0.15) is 0 Å². The van der Waals surface area contributed by atoms with Gasteiger partial charge < -0.3 is 5.11 Å². The van der Waals surface area contributed by atoms with Crippen LogP contribution in [0.1, 0.15) is 5.01 Å². The minimum absolute atomic E-state index is 0.0695. The molecule has 72 valence electrons. The number of nitrogens with zero attached hydrogens (tertiary/aromatic N) is 1. The lowest BCUT2D eigenvalue weighted by Gasteiger charge is -1.95. The molecule has 14 heavy (non-hydrogen) atoms. The number of hydrogen-bond acceptors (Lipinski definition) is 3. The average molecular weight is 209 g/mol. The van der Waals surface area contributed by atoms with E-state index in [9.17, 15) is 4.39 Å². The number of aliphatic hydroxyl groups excluding tert-OH is 1. The summed E-state index contributed by atoms with van der Waals surface area (Å²) in [6.07, 6.45) is 0. The lowest BCUT2D eigenvalue weighted by molar-refractivity contribution is 0.281. The van der Waals surface area contributed by atoms with Crippen molar-refractivity contribution in [1.82, 2.24) is 4.98 Å². The summed E-state index contributed by atoms with van der Waals surface area (Å²) in [5, 5.41) is 11.3. The summed E-state index contributed by atoms with van der Waals surface area (Å²) < 4.78 is 12.9. The lowest BCUT2D eigenvalue weighted by Crippen LogP contribution is -1.82. The molecule has 2 aromatic rings. The Bertz CT molecular complexity index is 441. The highest BCUT2D eigenvalue weighted by atomic mass is 32.1. The van der Waals surface area contributed by atoms with E-state index in [0.29, 0.717) is 10.7 Å². The van der Waals surface area contributed by atoms with Crippen LogP contribution in [0.15, 0.2) is 29.6 Å². The SMILES string of the molecule is OCc1nc(-c2cccc(F)c2)cs1.